The molecule has 104 valence electrons. The van der Waals surface area contributed by atoms with Gasteiger partial charge in [-0.15, -0.1) is 0 Å². The Bertz CT molecular complexity index is 595. The van der Waals surface area contributed by atoms with Gasteiger partial charge in [-0.05, 0) is 48.7 Å². The molecule has 3 heteroatoms. The Morgan fingerprint density at radius 1 is 1.15 bits per heavy atom. The standard InChI is InChI=1S/C17H19NOS/c1-12-11-16(19-15-6-4-3-5-7-15)9-8-14(12)10-13(2)17(18)20/h3-9,11,13H,10H2,1-2H3,(H2,18,20). The Labute approximate surface area is 125 Å². The van der Waals surface area contributed by atoms with Gasteiger partial charge in [0.15, 0.2) is 0 Å². The number of rotatable bonds is 5. The van der Waals surface area contributed by atoms with Gasteiger partial charge in [-0.25, -0.2) is 0 Å². The minimum atomic E-state index is 0.213. The third kappa shape index (κ3) is 3.81. The fraction of sp³-hybridized carbons (Fsp3) is 0.235. The first-order valence-electron chi connectivity index (χ1n) is 6.68. The van der Waals surface area contributed by atoms with Crippen molar-refractivity contribution in [2.24, 2.45) is 11.7 Å². The second kappa shape index (κ2) is 6.53. The van der Waals surface area contributed by atoms with Crippen LogP contribution in [0.1, 0.15) is 18.1 Å². The summed E-state index contributed by atoms with van der Waals surface area (Å²) < 4.78 is 5.82. The third-order valence-corrected chi connectivity index (χ3v) is 3.71. The average molecular weight is 285 g/mol. The van der Waals surface area contributed by atoms with Crippen molar-refractivity contribution < 1.29 is 4.74 Å². The van der Waals surface area contributed by atoms with Gasteiger partial charge in [0.2, 0.25) is 0 Å². The van der Waals surface area contributed by atoms with E-state index < -0.39 is 0 Å². The number of thiocarbonyl (C=S) groups is 1. The minimum absolute atomic E-state index is 0.213. The molecule has 0 aliphatic carbocycles. The summed E-state index contributed by atoms with van der Waals surface area (Å²) in [5, 5.41) is 0. The normalized spacial score (nSPS) is 11.9. The molecule has 0 radical (unpaired) electrons. The molecule has 2 aromatic carbocycles. The molecule has 1 unspecified atom stereocenters. The number of benzene rings is 2. The topological polar surface area (TPSA) is 35.2 Å². The summed E-state index contributed by atoms with van der Waals surface area (Å²) in [6, 6.07) is 15.9. The lowest BCUT2D eigenvalue weighted by molar-refractivity contribution is 0.482. The highest BCUT2D eigenvalue weighted by atomic mass is 32.1. The van der Waals surface area contributed by atoms with Crippen molar-refractivity contribution in [2.45, 2.75) is 20.3 Å². The summed E-state index contributed by atoms with van der Waals surface area (Å²) in [6.07, 6.45) is 0.868. The Morgan fingerprint density at radius 2 is 1.85 bits per heavy atom. The first kappa shape index (κ1) is 14.5. The van der Waals surface area contributed by atoms with E-state index in [0.717, 1.165) is 17.9 Å². The van der Waals surface area contributed by atoms with Crippen molar-refractivity contribution in [3.8, 4) is 11.5 Å². The predicted octanol–water partition coefficient (Wildman–Crippen LogP) is 4.25. The summed E-state index contributed by atoms with van der Waals surface area (Å²) in [5.74, 6) is 1.90. The zero-order valence-electron chi connectivity index (χ0n) is 11.8. The fourth-order valence-electron chi connectivity index (χ4n) is 2.02. The molecule has 0 spiro atoms. The lowest BCUT2D eigenvalue weighted by Gasteiger charge is -2.13. The maximum absolute atomic E-state index is 5.82. The van der Waals surface area contributed by atoms with Gasteiger partial charge in [-0.1, -0.05) is 43.4 Å². The van der Waals surface area contributed by atoms with Crippen LogP contribution in [0.25, 0.3) is 0 Å². The SMILES string of the molecule is Cc1cc(Oc2ccccc2)ccc1CC(C)C(N)=S. The van der Waals surface area contributed by atoms with Gasteiger partial charge in [-0.3, -0.25) is 0 Å². The molecule has 0 fully saturated rings. The summed E-state index contributed by atoms with van der Waals surface area (Å²) in [6.45, 7) is 4.13. The first-order chi connectivity index (χ1) is 9.56. The number of hydrogen-bond acceptors (Lipinski definition) is 2. The quantitative estimate of drug-likeness (QED) is 0.834. The van der Waals surface area contributed by atoms with E-state index in [2.05, 4.69) is 26.0 Å². The molecule has 0 saturated heterocycles. The second-order valence-electron chi connectivity index (χ2n) is 5.01. The smallest absolute Gasteiger partial charge is 0.127 e. The van der Waals surface area contributed by atoms with E-state index in [1.165, 1.54) is 11.1 Å². The van der Waals surface area contributed by atoms with E-state index in [1.54, 1.807) is 0 Å². The van der Waals surface area contributed by atoms with Crippen LogP contribution in [0.3, 0.4) is 0 Å². The van der Waals surface area contributed by atoms with Crippen molar-refractivity contribution in [3.05, 3.63) is 59.7 Å². The van der Waals surface area contributed by atoms with E-state index in [-0.39, 0.29) is 5.92 Å². The maximum Gasteiger partial charge on any atom is 0.127 e. The molecule has 2 aromatic rings. The van der Waals surface area contributed by atoms with Crippen LogP contribution >= 0.6 is 12.2 Å². The van der Waals surface area contributed by atoms with Gasteiger partial charge < -0.3 is 10.5 Å². The summed E-state index contributed by atoms with van der Waals surface area (Å²) >= 11 is 5.03. The van der Waals surface area contributed by atoms with Crippen LogP contribution in [0.2, 0.25) is 0 Å². The highest BCUT2D eigenvalue weighted by molar-refractivity contribution is 7.80. The van der Waals surface area contributed by atoms with Crippen LogP contribution in [-0.2, 0) is 6.42 Å². The van der Waals surface area contributed by atoms with Crippen molar-refractivity contribution in [1.82, 2.24) is 0 Å². The summed E-state index contributed by atoms with van der Waals surface area (Å²) in [4.78, 5) is 0.564. The van der Waals surface area contributed by atoms with E-state index in [1.807, 2.05) is 36.4 Å². The van der Waals surface area contributed by atoms with Crippen molar-refractivity contribution in [1.29, 1.82) is 0 Å². The van der Waals surface area contributed by atoms with E-state index in [9.17, 15) is 0 Å². The summed E-state index contributed by atoms with van der Waals surface area (Å²) in [7, 11) is 0. The van der Waals surface area contributed by atoms with Crippen LogP contribution in [0.5, 0.6) is 11.5 Å². The van der Waals surface area contributed by atoms with Gasteiger partial charge in [0.1, 0.15) is 11.5 Å². The molecule has 1 atom stereocenters. The molecule has 0 saturated carbocycles. The number of nitrogens with two attached hydrogens (primary N) is 1. The molecule has 2 nitrogen and oxygen atoms in total. The molecule has 2 rings (SSSR count). The molecule has 20 heavy (non-hydrogen) atoms. The van der Waals surface area contributed by atoms with Crippen LogP contribution < -0.4 is 10.5 Å². The van der Waals surface area contributed by atoms with Crippen molar-refractivity contribution >= 4 is 17.2 Å². The lowest BCUT2D eigenvalue weighted by Crippen LogP contribution is -2.20. The van der Waals surface area contributed by atoms with Crippen molar-refractivity contribution in [3.63, 3.8) is 0 Å². The van der Waals surface area contributed by atoms with Crippen LogP contribution in [0.4, 0.5) is 0 Å². The van der Waals surface area contributed by atoms with Crippen molar-refractivity contribution in [2.75, 3.05) is 0 Å². The molecular formula is C17H19NOS. The Hall–Kier alpha value is -1.87. The number of ether oxygens (including phenoxy) is 1. The Kier molecular flexibility index (Phi) is 4.74. The predicted molar refractivity (Wildman–Crippen MR) is 87.3 cm³/mol. The van der Waals surface area contributed by atoms with Gasteiger partial charge in [0.25, 0.3) is 0 Å². The van der Waals surface area contributed by atoms with Gasteiger partial charge in [0.05, 0.1) is 4.99 Å². The molecule has 0 aromatic heterocycles. The first-order valence-corrected chi connectivity index (χ1v) is 7.09. The lowest BCUT2D eigenvalue weighted by atomic mass is 9.97. The zero-order chi connectivity index (χ0) is 14.5. The van der Waals surface area contributed by atoms with Gasteiger partial charge in [0, 0.05) is 5.92 Å². The Morgan fingerprint density at radius 3 is 2.45 bits per heavy atom. The maximum atomic E-state index is 5.82. The fourth-order valence-corrected chi connectivity index (χ4v) is 2.10. The minimum Gasteiger partial charge on any atom is -0.457 e. The van der Waals surface area contributed by atoms with Crippen LogP contribution in [0.15, 0.2) is 48.5 Å². The molecule has 0 heterocycles. The van der Waals surface area contributed by atoms with Crippen LogP contribution in [-0.4, -0.2) is 4.99 Å². The van der Waals surface area contributed by atoms with E-state index in [4.69, 9.17) is 22.7 Å². The number of aryl methyl sites for hydroxylation is 1. The highest BCUT2D eigenvalue weighted by Gasteiger charge is 2.09. The number of para-hydroxylation sites is 1. The highest BCUT2D eigenvalue weighted by Crippen LogP contribution is 2.24. The molecule has 0 aliphatic heterocycles. The molecule has 0 aliphatic rings. The van der Waals surface area contributed by atoms with E-state index >= 15 is 0 Å². The largest absolute Gasteiger partial charge is 0.457 e. The average Bonchev–Trinajstić information content (AvgIpc) is 2.42. The molecular weight excluding hydrogens is 266 g/mol. The van der Waals surface area contributed by atoms with Gasteiger partial charge in [-0.2, -0.15) is 0 Å². The molecule has 0 bridgehead atoms. The van der Waals surface area contributed by atoms with Gasteiger partial charge >= 0.3 is 0 Å². The van der Waals surface area contributed by atoms with Crippen LogP contribution in [0, 0.1) is 12.8 Å². The molecule has 0 amide bonds. The number of hydrogen-bond donors (Lipinski definition) is 1. The third-order valence-electron chi connectivity index (χ3n) is 3.30. The monoisotopic (exact) mass is 285 g/mol. The molecule has 2 N–H and O–H groups in total. The van der Waals surface area contributed by atoms with E-state index in [0.29, 0.717) is 4.99 Å². The Balaban J connectivity index is 2.11. The second-order valence-corrected chi connectivity index (χ2v) is 5.48. The summed E-state index contributed by atoms with van der Waals surface area (Å²) in [5.41, 5.74) is 8.12. The zero-order valence-corrected chi connectivity index (χ0v) is 12.6.